The topological polar surface area (TPSA) is 42.9 Å². The maximum Gasteiger partial charge on any atom is 0.191 e. The molecule has 0 radical (unpaired) electrons. The number of rotatable bonds is 4. The lowest BCUT2D eigenvalue weighted by Gasteiger charge is -2.33. The van der Waals surface area contributed by atoms with E-state index in [4.69, 9.17) is 0 Å². The normalized spacial score (nSPS) is 18.1. The van der Waals surface area contributed by atoms with Gasteiger partial charge in [-0.3, -0.25) is 4.99 Å². The van der Waals surface area contributed by atoms with Gasteiger partial charge in [0, 0.05) is 52.0 Å². The molecule has 0 spiro atoms. The molecule has 0 saturated carbocycles. The Bertz CT molecular complexity index is 793. The smallest absolute Gasteiger partial charge is 0.191 e. The Morgan fingerprint density at radius 1 is 1.21 bits per heavy atom. The van der Waals surface area contributed by atoms with Crippen LogP contribution in [0.4, 0.5) is 10.7 Å². The second-order valence-corrected chi connectivity index (χ2v) is 8.70. The van der Waals surface area contributed by atoms with Crippen LogP contribution in [-0.2, 0) is 13.0 Å². The quantitative estimate of drug-likeness (QED) is 0.612. The van der Waals surface area contributed by atoms with Crippen LogP contribution in [0, 0.1) is 0 Å². The number of anilines is 2. The summed E-state index contributed by atoms with van der Waals surface area (Å²) in [5.74, 6) is 0.907. The number of piperidine rings is 1. The summed E-state index contributed by atoms with van der Waals surface area (Å²) in [6.07, 6.45) is 4.71. The van der Waals surface area contributed by atoms with Gasteiger partial charge in [-0.15, -0.1) is 11.3 Å². The van der Waals surface area contributed by atoms with E-state index in [1.165, 1.54) is 34.7 Å². The van der Waals surface area contributed by atoms with Crippen LogP contribution in [0.3, 0.4) is 0 Å². The zero-order chi connectivity index (χ0) is 19.3. The molecule has 2 aliphatic rings. The zero-order valence-corrected chi connectivity index (χ0v) is 17.8. The summed E-state index contributed by atoms with van der Waals surface area (Å²) in [5, 5.41) is 10.7. The fourth-order valence-corrected chi connectivity index (χ4v) is 5.00. The number of benzene rings is 1. The standard InChI is InChI=1S/C22H31N5S/c1-23-22(25-19-9-12-27(13-10-19)21-6-4-14-28-21)24-16-17-7-8-20-18(15-17)5-3-11-26(20)2/h4,6-8,14-15,19H,3,5,9-13,16H2,1-2H3,(H2,23,24,25). The van der Waals surface area contributed by atoms with Crippen LogP contribution < -0.4 is 20.4 Å². The van der Waals surface area contributed by atoms with E-state index in [2.05, 4.69) is 68.2 Å². The zero-order valence-electron chi connectivity index (χ0n) is 16.9. The second kappa shape index (κ2) is 8.86. The molecule has 4 rings (SSSR count). The minimum Gasteiger partial charge on any atom is -0.374 e. The molecule has 0 amide bonds. The van der Waals surface area contributed by atoms with Crippen LogP contribution in [0.2, 0.25) is 0 Å². The molecule has 0 unspecified atom stereocenters. The largest absolute Gasteiger partial charge is 0.374 e. The number of hydrogen-bond acceptors (Lipinski definition) is 4. The van der Waals surface area contributed by atoms with Crippen LogP contribution in [0.25, 0.3) is 0 Å². The lowest BCUT2D eigenvalue weighted by atomic mass is 9.99. The van der Waals surface area contributed by atoms with Gasteiger partial charge in [0.2, 0.25) is 0 Å². The Hall–Kier alpha value is -2.21. The van der Waals surface area contributed by atoms with Gasteiger partial charge in [0.1, 0.15) is 0 Å². The minimum atomic E-state index is 0.486. The third kappa shape index (κ3) is 4.43. The van der Waals surface area contributed by atoms with Gasteiger partial charge in [-0.05, 0) is 60.4 Å². The van der Waals surface area contributed by atoms with Gasteiger partial charge >= 0.3 is 0 Å². The third-order valence-corrected chi connectivity index (χ3v) is 6.76. The number of guanidine groups is 1. The first-order chi connectivity index (χ1) is 13.7. The van der Waals surface area contributed by atoms with Crippen molar-refractivity contribution in [1.82, 2.24) is 10.6 Å². The average Bonchev–Trinajstić information content (AvgIpc) is 3.26. The van der Waals surface area contributed by atoms with Crippen molar-refractivity contribution in [3.05, 3.63) is 46.8 Å². The van der Waals surface area contributed by atoms with Crippen molar-refractivity contribution in [2.45, 2.75) is 38.3 Å². The molecule has 28 heavy (non-hydrogen) atoms. The van der Waals surface area contributed by atoms with Gasteiger partial charge in [-0.2, -0.15) is 0 Å². The van der Waals surface area contributed by atoms with E-state index >= 15 is 0 Å². The van der Waals surface area contributed by atoms with Crippen LogP contribution in [-0.4, -0.2) is 45.7 Å². The summed E-state index contributed by atoms with van der Waals surface area (Å²) in [6, 6.07) is 11.7. The van der Waals surface area contributed by atoms with Crippen molar-refractivity contribution in [3.63, 3.8) is 0 Å². The number of aryl methyl sites for hydroxylation is 1. The van der Waals surface area contributed by atoms with E-state index in [0.717, 1.165) is 45.0 Å². The number of fused-ring (bicyclic) bond motifs is 1. The molecule has 1 aromatic carbocycles. The molecule has 6 heteroatoms. The number of nitrogens with one attached hydrogen (secondary N) is 2. The van der Waals surface area contributed by atoms with Crippen molar-refractivity contribution < 1.29 is 0 Å². The lowest BCUT2D eigenvalue weighted by molar-refractivity contribution is 0.463. The van der Waals surface area contributed by atoms with E-state index in [-0.39, 0.29) is 0 Å². The predicted octanol–water partition coefficient (Wildman–Crippen LogP) is 3.46. The molecule has 5 nitrogen and oxygen atoms in total. The maximum atomic E-state index is 4.44. The number of nitrogens with zero attached hydrogens (tertiary/aromatic N) is 3. The van der Waals surface area contributed by atoms with E-state index < -0.39 is 0 Å². The van der Waals surface area contributed by atoms with Crippen molar-refractivity contribution in [1.29, 1.82) is 0 Å². The molecular formula is C22H31N5S. The Morgan fingerprint density at radius 2 is 2.07 bits per heavy atom. The summed E-state index contributed by atoms with van der Waals surface area (Å²) in [6.45, 7) is 4.18. The fourth-order valence-electron chi connectivity index (χ4n) is 4.22. The van der Waals surface area contributed by atoms with Crippen molar-refractivity contribution in [2.75, 3.05) is 43.5 Å². The highest BCUT2D eigenvalue weighted by Gasteiger charge is 2.20. The number of aliphatic imine (C=N–C) groups is 1. The van der Waals surface area contributed by atoms with Crippen molar-refractivity contribution >= 4 is 28.0 Å². The highest BCUT2D eigenvalue weighted by Crippen LogP contribution is 2.27. The highest BCUT2D eigenvalue weighted by atomic mass is 32.1. The van der Waals surface area contributed by atoms with Crippen molar-refractivity contribution in [3.8, 4) is 0 Å². The lowest BCUT2D eigenvalue weighted by Crippen LogP contribution is -2.48. The molecule has 3 heterocycles. The van der Waals surface area contributed by atoms with Crippen LogP contribution in [0.1, 0.15) is 30.4 Å². The summed E-state index contributed by atoms with van der Waals surface area (Å²) >= 11 is 1.83. The second-order valence-electron chi connectivity index (χ2n) is 7.77. The van der Waals surface area contributed by atoms with Crippen molar-refractivity contribution in [2.24, 2.45) is 4.99 Å². The first-order valence-corrected chi connectivity index (χ1v) is 11.2. The molecule has 1 aromatic heterocycles. The highest BCUT2D eigenvalue weighted by molar-refractivity contribution is 7.14. The number of hydrogen-bond donors (Lipinski definition) is 2. The van der Waals surface area contributed by atoms with E-state index in [1.54, 1.807) is 0 Å². The Labute approximate surface area is 172 Å². The first-order valence-electron chi connectivity index (χ1n) is 10.3. The third-order valence-electron chi connectivity index (χ3n) is 5.83. The van der Waals surface area contributed by atoms with E-state index in [1.807, 2.05) is 18.4 Å². The van der Waals surface area contributed by atoms with Gasteiger partial charge in [0.15, 0.2) is 5.96 Å². The molecule has 150 valence electrons. The Balaban J connectivity index is 1.27. The molecular weight excluding hydrogens is 366 g/mol. The Kier molecular flexibility index (Phi) is 6.05. The SMILES string of the molecule is CN=C(NCc1ccc2c(c1)CCCN2C)NC1CCN(c2cccs2)CC1. The molecule has 0 atom stereocenters. The van der Waals surface area contributed by atoms with Crippen LogP contribution in [0.5, 0.6) is 0 Å². The Morgan fingerprint density at radius 3 is 2.82 bits per heavy atom. The fraction of sp³-hybridized carbons (Fsp3) is 0.500. The van der Waals surface area contributed by atoms with Gasteiger partial charge in [-0.1, -0.05) is 12.1 Å². The van der Waals surface area contributed by atoms with Gasteiger partial charge in [0.25, 0.3) is 0 Å². The molecule has 0 aliphatic carbocycles. The van der Waals surface area contributed by atoms with Crippen LogP contribution in [0.15, 0.2) is 40.7 Å². The van der Waals surface area contributed by atoms with Crippen LogP contribution >= 0.6 is 11.3 Å². The molecule has 0 bridgehead atoms. The molecule has 1 fully saturated rings. The minimum absolute atomic E-state index is 0.486. The van der Waals surface area contributed by atoms with Gasteiger partial charge in [0.05, 0.1) is 5.00 Å². The van der Waals surface area contributed by atoms with Gasteiger partial charge in [-0.25, -0.2) is 0 Å². The molecule has 2 aromatic rings. The molecule has 2 N–H and O–H groups in total. The number of thiophene rings is 1. The average molecular weight is 398 g/mol. The maximum absolute atomic E-state index is 4.44. The summed E-state index contributed by atoms with van der Waals surface area (Å²) in [7, 11) is 4.05. The van der Waals surface area contributed by atoms with Gasteiger partial charge < -0.3 is 20.4 Å². The van der Waals surface area contributed by atoms with E-state index in [9.17, 15) is 0 Å². The predicted molar refractivity (Wildman–Crippen MR) is 121 cm³/mol. The molecule has 2 aliphatic heterocycles. The van der Waals surface area contributed by atoms with E-state index in [0.29, 0.717) is 6.04 Å². The summed E-state index contributed by atoms with van der Waals surface area (Å²) in [4.78, 5) is 9.29. The molecule has 1 saturated heterocycles. The summed E-state index contributed by atoms with van der Waals surface area (Å²) < 4.78 is 0. The summed E-state index contributed by atoms with van der Waals surface area (Å²) in [5.41, 5.74) is 4.18. The monoisotopic (exact) mass is 397 g/mol. The first kappa shape index (κ1) is 19.1.